The van der Waals surface area contributed by atoms with Gasteiger partial charge in [0.1, 0.15) is 0 Å². The first kappa shape index (κ1) is 25.2. The summed E-state index contributed by atoms with van der Waals surface area (Å²) in [5.74, 6) is 0. The monoisotopic (exact) mass is 516 g/mol. The van der Waals surface area contributed by atoms with Crippen LogP contribution in [0.2, 0.25) is 0 Å². The van der Waals surface area contributed by atoms with Gasteiger partial charge in [-0.1, -0.05) is 115 Å². The minimum atomic E-state index is 0.854. The van der Waals surface area contributed by atoms with Crippen molar-refractivity contribution in [2.45, 2.75) is 6.54 Å². The number of rotatable bonds is 8. The molecule has 2 nitrogen and oxygen atoms in total. The Labute approximate surface area is 237 Å². The summed E-state index contributed by atoms with van der Waals surface area (Å²) in [6, 6.07) is 58.1. The van der Waals surface area contributed by atoms with E-state index in [-0.39, 0.29) is 0 Å². The van der Waals surface area contributed by atoms with Gasteiger partial charge in [-0.15, -0.1) is 0 Å². The van der Waals surface area contributed by atoms with Gasteiger partial charge in [0, 0.05) is 36.3 Å². The van der Waals surface area contributed by atoms with E-state index in [2.05, 4.69) is 181 Å². The van der Waals surface area contributed by atoms with Crippen molar-refractivity contribution in [1.29, 1.82) is 0 Å². The number of hydrogen-bond donors (Lipinski definition) is 0. The second-order valence-electron chi connectivity index (χ2n) is 10.0. The lowest BCUT2D eigenvalue weighted by atomic mass is 10.0. The normalized spacial score (nSPS) is 10.7. The second kappa shape index (κ2) is 11.8. The summed E-state index contributed by atoms with van der Waals surface area (Å²) in [6.45, 7) is 0.854. The molecule has 0 heterocycles. The molecule has 0 saturated carbocycles. The second-order valence-corrected chi connectivity index (χ2v) is 10.0. The SMILES string of the molecule is CN(Cc1ccc(-c2ccc(N(c3ccccc3)c3ccccc3)cc2)cc1)c1ccc(-c2ccccc2)cc1. The molecule has 6 aromatic carbocycles. The van der Waals surface area contributed by atoms with Crippen molar-refractivity contribution in [3.05, 3.63) is 169 Å². The van der Waals surface area contributed by atoms with E-state index < -0.39 is 0 Å². The van der Waals surface area contributed by atoms with E-state index >= 15 is 0 Å². The molecule has 2 heteroatoms. The summed E-state index contributed by atoms with van der Waals surface area (Å²) < 4.78 is 0. The summed E-state index contributed by atoms with van der Waals surface area (Å²) in [5.41, 5.74) is 10.8. The Morgan fingerprint density at radius 1 is 0.350 bits per heavy atom. The van der Waals surface area contributed by atoms with E-state index in [1.165, 1.54) is 33.5 Å². The number of hydrogen-bond acceptors (Lipinski definition) is 2. The van der Waals surface area contributed by atoms with Crippen molar-refractivity contribution >= 4 is 22.7 Å². The molecule has 0 unspecified atom stereocenters. The quantitative estimate of drug-likeness (QED) is 0.199. The maximum atomic E-state index is 2.29. The number of benzene rings is 6. The van der Waals surface area contributed by atoms with Gasteiger partial charge in [-0.2, -0.15) is 0 Å². The highest BCUT2D eigenvalue weighted by atomic mass is 15.1. The van der Waals surface area contributed by atoms with Gasteiger partial charge in [-0.25, -0.2) is 0 Å². The van der Waals surface area contributed by atoms with Crippen LogP contribution in [0, 0.1) is 0 Å². The number of para-hydroxylation sites is 2. The molecule has 0 radical (unpaired) electrons. The molecular weight excluding hydrogens is 484 g/mol. The van der Waals surface area contributed by atoms with Gasteiger partial charge in [0.15, 0.2) is 0 Å². The van der Waals surface area contributed by atoms with Gasteiger partial charge in [-0.3, -0.25) is 0 Å². The Kier molecular flexibility index (Phi) is 7.41. The fourth-order valence-electron chi connectivity index (χ4n) is 5.11. The minimum absolute atomic E-state index is 0.854. The van der Waals surface area contributed by atoms with Gasteiger partial charge in [0.25, 0.3) is 0 Å². The van der Waals surface area contributed by atoms with Crippen LogP contribution in [0.15, 0.2) is 164 Å². The van der Waals surface area contributed by atoms with E-state index in [0.29, 0.717) is 0 Å². The van der Waals surface area contributed by atoms with Gasteiger partial charge in [0.05, 0.1) is 0 Å². The Bertz CT molecular complexity index is 1590. The highest BCUT2D eigenvalue weighted by Crippen LogP contribution is 2.35. The standard InChI is InChI=1S/C38H32N2/c1-39(35-25-21-33(22-26-35)31-11-5-2-6-12-31)29-30-17-19-32(20-18-30)34-23-27-38(28-24-34)40(36-13-7-3-8-14-36)37-15-9-4-10-16-37/h2-28H,29H2,1H3. The fourth-order valence-corrected chi connectivity index (χ4v) is 5.11. The van der Waals surface area contributed by atoms with Crippen LogP contribution in [0.1, 0.15) is 5.56 Å². The minimum Gasteiger partial charge on any atom is -0.370 e. The maximum absolute atomic E-state index is 2.29. The highest BCUT2D eigenvalue weighted by molar-refractivity contribution is 5.78. The van der Waals surface area contributed by atoms with Gasteiger partial charge in [0.2, 0.25) is 0 Å². The van der Waals surface area contributed by atoms with Crippen molar-refractivity contribution < 1.29 is 0 Å². The van der Waals surface area contributed by atoms with Crippen LogP contribution in [-0.2, 0) is 6.54 Å². The van der Waals surface area contributed by atoms with Gasteiger partial charge < -0.3 is 9.80 Å². The van der Waals surface area contributed by atoms with Crippen LogP contribution in [-0.4, -0.2) is 7.05 Å². The van der Waals surface area contributed by atoms with Crippen LogP contribution in [0.25, 0.3) is 22.3 Å². The lowest BCUT2D eigenvalue weighted by molar-refractivity contribution is 0.923. The summed E-state index contributed by atoms with van der Waals surface area (Å²) in [6.07, 6.45) is 0. The zero-order valence-electron chi connectivity index (χ0n) is 22.7. The predicted molar refractivity (Wildman–Crippen MR) is 171 cm³/mol. The maximum Gasteiger partial charge on any atom is 0.0462 e. The molecule has 0 N–H and O–H groups in total. The molecule has 0 aromatic heterocycles. The third-order valence-electron chi connectivity index (χ3n) is 7.28. The van der Waals surface area contributed by atoms with Crippen LogP contribution in [0.3, 0.4) is 0 Å². The molecule has 0 amide bonds. The Morgan fingerprint density at radius 3 is 1.18 bits per heavy atom. The third-order valence-corrected chi connectivity index (χ3v) is 7.28. The Balaban J connectivity index is 1.16. The molecular formula is C38H32N2. The molecule has 0 atom stereocenters. The van der Waals surface area contributed by atoms with E-state index in [1.54, 1.807) is 0 Å². The van der Waals surface area contributed by atoms with Crippen LogP contribution in [0.4, 0.5) is 22.7 Å². The van der Waals surface area contributed by atoms with Crippen molar-refractivity contribution in [2.75, 3.05) is 16.8 Å². The summed E-state index contributed by atoms with van der Waals surface area (Å²) >= 11 is 0. The van der Waals surface area contributed by atoms with E-state index in [4.69, 9.17) is 0 Å². The molecule has 0 bridgehead atoms. The van der Waals surface area contributed by atoms with E-state index in [0.717, 1.165) is 23.6 Å². The smallest absolute Gasteiger partial charge is 0.0462 e. The molecule has 6 aromatic rings. The lowest BCUT2D eigenvalue weighted by Crippen LogP contribution is -2.16. The van der Waals surface area contributed by atoms with Crippen molar-refractivity contribution in [3.8, 4) is 22.3 Å². The molecule has 0 aliphatic carbocycles. The van der Waals surface area contributed by atoms with E-state index in [1.807, 2.05) is 0 Å². The molecule has 0 aliphatic rings. The van der Waals surface area contributed by atoms with Crippen LogP contribution >= 0.6 is 0 Å². The summed E-state index contributed by atoms with van der Waals surface area (Å²) in [4.78, 5) is 4.58. The summed E-state index contributed by atoms with van der Waals surface area (Å²) in [7, 11) is 2.15. The predicted octanol–water partition coefficient (Wildman–Crippen LogP) is 10.1. The van der Waals surface area contributed by atoms with Crippen molar-refractivity contribution in [2.24, 2.45) is 0 Å². The zero-order valence-corrected chi connectivity index (χ0v) is 22.7. The van der Waals surface area contributed by atoms with Gasteiger partial charge >= 0.3 is 0 Å². The van der Waals surface area contributed by atoms with Gasteiger partial charge in [-0.05, 0) is 76.3 Å². The molecule has 0 saturated heterocycles. The molecule has 194 valence electrons. The fraction of sp³-hybridized carbons (Fsp3) is 0.0526. The molecule has 6 rings (SSSR count). The number of anilines is 4. The van der Waals surface area contributed by atoms with Crippen LogP contribution in [0.5, 0.6) is 0 Å². The van der Waals surface area contributed by atoms with E-state index in [9.17, 15) is 0 Å². The third kappa shape index (κ3) is 5.67. The first-order valence-electron chi connectivity index (χ1n) is 13.7. The molecule has 0 aliphatic heterocycles. The Hall–Kier alpha value is -5.08. The first-order chi connectivity index (χ1) is 19.7. The van der Waals surface area contributed by atoms with Crippen molar-refractivity contribution in [3.63, 3.8) is 0 Å². The average molecular weight is 517 g/mol. The highest BCUT2D eigenvalue weighted by Gasteiger charge is 2.12. The zero-order chi connectivity index (χ0) is 27.1. The number of nitrogens with zero attached hydrogens (tertiary/aromatic N) is 2. The molecule has 0 fully saturated rings. The van der Waals surface area contributed by atoms with Crippen molar-refractivity contribution in [1.82, 2.24) is 0 Å². The topological polar surface area (TPSA) is 6.48 Å². The summed E-state index contributed by atoms with van der Waals surface area (Å²) in [5, 5.41) is 0. The molecule has 40 heavy (non-hydrogen) atoms. The molecule has 0 spiro atoms. The van der Waals surface area contributed by atoms with Crippen LogP contribution < -0.4 is 9.80 Å². The average Bonchev–Trinajstić information content (AvgIpc) is 3.03. The lowest BCUT2D eigenvalue weighted by Gasteiger charge is -2.25. The Morgan fingerprint density at radius 2 is 0.700 bits per heavy atom. The first-order valence-corrected chi connectivity index (χ1v) is 13.7. The largest absolute Gasteiger partial charge is 0.370 e.